The standard InChI is InChI=1S/C14H11N3O7/c1-8-4-10(24-15-8)7-22-13(18)6-16-11-3-2-9(17(20)21)5-12(11)23-14(16)19/h2-5H,6-7H2,1H3. The largest absolute Gasteiger partial charge is 0.456 e. The van der Waals surface area contributed by atoms with Gasteiger partial charge in [0.05, 0.1) is 22.2 Å². The maximum Gasteiger partial charge on any atom is 0.420 e. The molecule has 0 aliphatic carbocycles. The Morgan fingerprint density at radius 1 is 1.42 bits per heavy atom. The molecular weight excluding hydrogens is 322 g/mol. The second-order valence-electron chi connectivity index (χ2n) is 4.96. The quantitative estimate of drug-likeness (QED) is 0.390. The summed E-state index contributed by atoms with van der Waals surface area (Å²) < 4.78 is 15.9. The Morgan fingerprint density at radius 3 is 2.88 bits per heavy atom. The molecule has 0 saturated heterocycles. The van der Waals surface area contributed by atoms with Crippen LogP contribution in [0.2, 0.25) is 0 Å². The molecule has 0 unspecified atom stereocenters. The molecule has 0 fully saturated rings. The lowest BCUT2D eigenvalue weighted by atomic mass is 10.3. The average Bonchev–Trinajstić information content (AvgIpc) is 3.08. The number of carbonyl (C=O) groups excluding carboxylic acids is 1. The van der Waals surface area contributed by atoms with E-state index >= 15 is 0 Å². The summed E-state index contributed by atoms with van der Waals surface area (Å²) in [5, 5.41) is 14.4. The van der Waals surface area contributed by atoms with Crippen molar-refractivity contribution in [1.82, 2.24) is 9.72 Å². The number of oxazole rings is 1. The molecule has 0 aliphatic heterocycles. The topological polar surface area (TPSA) is 131 Å². The van der Waals surface area contributed by atoms with Gasteiger partial charge in [0.15, 0.2) is 18.0 Å². The van der Waals surface area contributed by atoms with Crippen LogP contribution in [0.15, 0.2) is 38.0 Å². The highest BCUT2D eigenvalue weighted by atomic mass is 16.6. The zero-order valence-corrected chi connectivity index (χ0v) is 12.4. The van der Waals surface area contributed by atoms with Crippen molar-refractivity contribution in [2.24, 2.45) is 0 Å². The van der Waals surface area contributed by atoms with Gasteiger partial charge >= 0.3 is 11.7 Å². The van der Waals surface area contributed by atoms with Crippen LogP contribution in [0.4, 0.5) is 5.69 Å². The van der Waals surface area contributed by atoms with Gasteiger partial charge in [0.1, 0.15) is 6.54 Å². The minimum absolute atomic E-state index is 0.0212. The van der Waals surface area contributed by atoms with Crippen molar-refractivity contribution < 1.29 is 23.4 Å². The Hall–Kier alpha value is -3.43. The van der Waals surface area contributed by atoms with Crippen LogP contribution in [0.25, 0.3) is 11.1 Å². The molecule has 24 heavy (non-hydrogen) atoms. The maximum absolute atomic E-state index is 11.9. The first-order valence-corrected chi connectivity index (χ1v) is 6.79. The van der Waals surface area contributed by atoms with Crippen LogP contribution in [0.1, 0.15) is 11.5 Å². The minimum atomic E-state index is -0.807. The third-order valence-corrected chi connectivity index (χ3v) is 3.20. The maximum atomic E-state index is 11.9. The van der Waals surface area contributed by atoms with E-state index in [1.807, 2.05) is 0 Å². The summed E-state index contributed by atoms with van der Waals surface area (Å²) in [5.74, 6) is -1.12. The average molecular weight is 333 g/mol. The first-order chi connectivity index (χ1) is 11.4. The molecule has 0 bridgehead atoms. The molecule has 0 amide bonds. The fourth-order valence-corrected chi connectivity index (χ4v) is 2.13. The third kappa shape index (κ3) is 3.02. The molecule has 124 valence electrons. The molecule has 2 aromatic heterocycles. The highest BCUT2D eigenvalue weighted by molar-refractivity contribution is 5.78. The number of rotatable bonds is 5. The summed E-state index contributed by atoms with van der Waals surface area (Å²) in [6.07, 6.45) is 0. The van der Waals surface area contributed by atoms with Crippen molar-refractivity contribution in [3.05, 3.63) is 56.4 Å². The fraction of sp³-hybridized carbons (Fsp3) is 0.214. The Balaban J connectivity index is 1.76. The van der Waals surface area contributed by atoms with Gasteiger partial charge in [-0.15, -0.1) is 0 Å². The van der Waals surface area contributed by atoms with Crippen molar-refractivity contribution in [3.8, 4) is 0 Å². The number of benzene rings is 1. The van der Waals surface area contributed by atoms with E-state index in [9.17, 15) is 19.7 Å². The summed E-state index contributed by atoms with van der Waals surface area (Å²) in [4.78, 5) is 33.8. The molecule has 0 atom stereocenters. The zero-order chi connectivity index (χ0) is 17.3. The Bertz CT molecular complexity index is 982. The van der Waals surface area contributed by atoms with E-state index in [-0.39, 0.29) is 23.4 Å². The van der Waals surface area contributed by atoms with Gasteiger partial charge in [0, 0.05) is 12.1 Å². The summed E-state index contributed by atoms with van der Waals surface area (Å²) in [6, 6.07) is 5.30. The fourth-order valence-electron chi connectivity index (χ4n) is 2.13. The lowest BCUT2D eigenvalue weighted by molar-refractivity contribution is -0.384. The Morgan fingerprint density at radius 2 is 2.21 bits per heavy atom. The predicted octanol–water partition coefficient (Wildman–Crippen LogP) is 1.54. The number of esters is 1. The monoisotopic (exact) mass is 333 g/mol. The van der Waals surface area contributed by atoms with E-state index in [1.165, 1.54) is 12.1 Å². The first-order valence-electron chi connectivity index (χ1n) is 6.79. The molecule has 0 aliphatic rings. The molecule has 0 saturated carbocycles. The number of hydrogen-bond donors (Lipinski definition) is 0. The zero-order valence-electron chi connectivity index (χ0n) is 12.4. The van der Waals surface area contributed by atoms with Crippen LogP contribution in [0.5, 0.6) is 0 Å². The highest BCUT2D eigenvalue weighted by Crippen LogP contribution is 2.20. The van der Waals surface area contributed by atoms with Crippen LogP contribution < -0.4 is 5.76 Å². The summed E-state index contributed by atoms with van der Waals surface area (Å²) in [6.45, 7) is 1.22. The van der Waals surface area contributed by atoms with E-state index in [4.69, 9.17) is 13.7 Å². The molecule has 3 rings (SSSR count). The molecule has 10 nitrogen and oxygen atoms in total. The molecule has 10 heteroatoms. The van der Waals surface area contributed by atoms with Crippen LogP contribution in [-0.4, -0.2) is 20.6 Å². The van der Waals surface area contributed by atoms with Gasteiger partial charge in [0.2, 0.25) is 0 Å². The third-order valence-electron chi connectivity index (χ3n) is 3.20. The normalized spacial score (nSPS) is 10.9. The van der Waals surface area contributed by atoms with Gasteiger partial charge < -0.3 is 13.7 Å². The lowest BCUT2D eigenvalue weighted by Gasteiger charge is -2.03. The van der Waals surface area contributed by atoms with Crippen LogP contribution in [-0.2, 0) is 22.7 Å². The second-order valence-corrected chi connectivity index (χ2v) is 4.96. The number of aromatic nitrogens is 2. The van der Waals surface area contributed by atoms with E-state index in [0.29, 0.717) is 11.5 Å². The van der Waals surface area contributed by atoms with Crippen LogP contribution in [0, 0.1) is 17.0 Å². The number of hydrogen-bond acceptors (Lipinski definition) is 8. The number of carbonyl (C=O) groups is 1. The van der Waals surface area contributed by atoms with E-state index < -0.39 is 23.2 Å². The van der Waals surface area contributed by atoms with Crippen molar-refractivity contribution >= 4 is 22.8 Å². The van der Waals surface area contributed by atoms with Crippen molar-refractivity contribution in [3.63, 3.8) is 0 Å². The molecular formula is C14H11N3O7. The van der Waals surface area contributed by atoms with Crippen molar-refractivity contribution in [1.29, 1.82) is 0 Å². The minimum Gasteiger partial charge on any atom is -0.456 e. The van der Waals surface area contributed by atoms with E-state index in [2.05, 4.69) is 5.16 Å². The van der Waals surface area contributed by atoms with Crippen molar-refractivity contribution in [2.75, 3.05) is 0 Å². The van der Waals surface area contributed by atoms with Crippen LogP contribution in [0.3, 0.4) is 0 Å². The summed E-state index contributed by atoms with van der Waals surface area (Å²) in [5.41, 5.74) is 0.720. The van der Waals surface area contributed by atoms with Gasteiger partial charge in [-0.3, -0.25) is 19.5 Å². The molecule has 0 spiro atoms. The number of nitrogens with zero attached hydrogens (tertiary/aromatic N) is 3. The Kier molecular flexibility index (Phi) is 3.86. The number of fused-ring (bicyclic) bond motifs is 1. The SMILES string of the molecule is Cc1cc(COC(=O)Cn2c(=O)oc3cc([N+](=O)[O-])ccc32)on1. The van der Waals surface area contributed by atoms with Crippen LogP contribution >= 0.6 is 0 Å². The molecule has 2 heterocycles. The van der Waals surface area contributed by atoms with Crippen molar-refractivity contribution in [2.45, 2.75) is 20.1 Å². The van der Waals surface area contributed by atoms with E-state index in [0.717, 1.165) is 10.6 Å². The van der Waals surface area contributed by atoms with Gasteiger partial charge in [-0.25, -0.2) is 4.79 Å². The van der Waals surface area contributed by atoms with E-state index in [1.54, 1.807) is 13.0 Å². The first kappa shape index (κ1) is 15.5. The summed E-state index contributed by atoms with van der Waals surface area (Å²) in [7, 11) is 0. The lowest BCUT2D eigenvalue weighted by Crippen LogP contribution is -2.21. The molecule has 0 radical (unpaired) electrons. The Labute approximate surface area is 133 Å². The van der Waals surface area contributed by atoms with Gasteiger partial charge in [-0.05, 0) is 13.0 Å². The summed E-state index contributed by atoms with van der Waals surface area (Å²) >= 11 is 0. The molecule has 1 aromatic carbocycles. The number of non-ortho nitro benzene ring substituents is 1. The number of nitro benzene ring substituents is 1. The van der Waals surface area contributed by atoms with Gasteiger partial charge in [-0.1, -0.05) is 5.16 Å². The second kappa shape index (κ2) is 5.99. The molecule has 0 N–H and O–H groups in total. The molecule has 3 aromatic rings. The number of aryl methyl sites for hydroxylation is 1. The number of ether oxygens (including phenoxy) is 1. The number of nitro groups is 1. The smallest absolute Gasteiger partial charge is 0.420 e. The van der Waals surface area contributed by atoms with Gasteiger partial charge in [0.25, 0.3) is 5.69 Å². The highest BCUT2D eigenvalue weighted by Gasteiger charge is 2.17. The predicted molar refractivity (Wildman–Crippen MR) is 78.2 cm³/mol. The van der Waals surface area contributed by atoms with Gasteiger partial charge in [-0.2, -0.15) is 0 Å².